The topological polar surface area (TPSA) is 61.6 Å². The van der Waals surface area contributed by atoms with Gasteiger partial charge in [-0.1, -0.05) is 12.1 Å². The van der Waals surface area contributed by atoms with Gasteiger partial charge in [0.1, 0.15) is 0 Å². The summed E-state index contributed by atoms with van der Waals surface area (Å²) < 4.78 is 19.6. The third kappa shape index (κ3) is 5.92. The molecule has 0 aromatic carbocycles. The molecular weight excluding hydrogens is 436 g/mol. The molecule has 0 N–H and O–H groups in total. The Hall–Kier alpha value is -1.58. The smallest absolute Gasteiger partial charge is 0.0967 e. The van der Waals surface area contributed by atoms with Crippen molar-refractivity contribution in [1.29, 1.82) is 0 Å². The van der Waals surface area contributed by atoms with Crippen LogP contribution in [0, 0.1) is 0 Å². The van der Waals surface area contributed by atoms with E-state index in [1.165, 1.54) is 10.4 Å². The minimum atomic E-state index is -0.0590. The lowest BCUT2D eigenvalue weighted by Gasteiger charge is -2.44. The van der Waals surface area contributed by atoms with Crippen molar-refractivity contribution in [2.24, 2.45) is 0 Å². The maximum absolute atomic E-state index is 6.42. The highest BCUT2D eigenvalue weighted by Gasteiger charge is 2.41. The molecule has 2 aromatic heterocycles. The third-order valence-electron chi connectivity index (χ3n) is 6.84. The molecule has 0 aliphatic carbocycles. The van der Waals surface area contributed by atoms with E-state index in [4.69, 9.17) is 14.2 Å². The number of aryl methyl sites for hydroxylation is 2. The maximum Gasteiger partial charge on any atom is 0.0967 e. The predicted molar refractivity (Wildman–Crippen MR) is 131 cm³/mol. The summed E-state index contributed by atoms with van der Waals surface area (Å²) in [6.45, 7) is 15.1. The van der Waals surface area contributed by atoms with E-state index < -0.39 is 0 Å². The van der Waals surface area contributed by atoms with Crippen molar-refractivity contribution in [2.45, 2.75) is 70.2 Å². The Morgan fingerprint density at radius 3 is 2.82 bits per heavy atom. The Morgan fingerprint density at radius 1 is 1.21 bits per heavy atom. The average Bonchev–Trinajstić information content (AvgIpc) is 3.50. The molecule has 2 fully saturated rings. The standard InChI is InChI=1S/C23H34N4O3S.C2H4/c1-2-20-14-21-22(31-20)5-11-30-23(21)6-9-26(10-7-23)15-18-16-27(25-24-18)8-3-4-19-17-28-12-13-29-19;1-2/h14,16,19H,2-13,15,17H2,1H3;1-2H2. The van der Waals surface area contributed by atoms with Gasteiger partial charge in [-0.3, -0.25) is 9.58 Å². The van der Waals surface area contributed by atoms with Crippen LogP contribution in [0.2, 0.25) is 0 Å². The molecule has 7 nitrogen and oxygen atoms in total. The van der Waals surface area contributed by atoms with Gasteiger partial charge in [0.05, 0.1) is 43.8 Å². The van der Waals surface area contributed by atoms with E-state index >= 15 is 0 Å². The van der Waals surface area contributed by atoms with Gasteiger partial charge >= 0.3 is 0 Å². The minimum Gasteiger partial charge on any atom is -0.376 e. The molecule has 0 radical (unpaired) electrons. The number of likely N-dealkylation sites (tertiary alicyclic amines) is 1. The highest BCUT2D eigenvalue weighted by atomic mass is 32.1. The molecule has 3 aliphatic rings. The van der Waals surface area contributed by atoms with Crippen molar-refractivity contribution in [2.75, 3.05) is 39.5 Å². The largest absolute Gasteiger partial charge is 0.376 e. The fraction of sp³-hybridized carbons (Fsp3) is 0.680. The van der Waals surface area contributed by atoms with E-state index in [1.54, 1.807) is 4.88 Å². The molecule has 5 rings (SSSR count). The van der Waals surface area contributed by atoms with E-state index in [0.29, 0.717) is 6.61 Å². The van der Waals surface area contributed by atoms with E-state index in [0.717, 1.165) is 90.2 Å². The molecule has 1 atom stereocenters. The van der Waals surface area contributed by atoms with Gasteiger partial charge in [-0.25, -0.2) is 0 Å². The summed E-state index contributed by atoms with van der Waals surface area (Å²) in [6, 6.07) is 2.42. The molecule has 3 aliphatic heterocycles. The summed E-state index contributed by atoms with van der Waals surface area (Å²) >= 11 is 2.00. The molecule has 2 aromatic rings. The Labute approximate surface area is 201 Å². The van der Waals surface area contributed by atoms with Gasteiger partial charge in [0.2, 0.25) is 0 Å². The predicted octanol–water partition coefficient (Wildman–Crippen LogP) is 3.96. The summed E-state index contributed by atoms with van der Waals surface area (Å²) in [5.74, 6) is 0. The number of nitrogens with zero attached hydrogens (tertiary/aromatic N) is 4. The fourth-order valence-electron chi connectivity index (χ4n) is 5.07. The Kier molecular flexibility index (Phi) is 8.71. The van der Waals surface area contributed by atoms with Gasteiger partial charge in [0.25, 0.3) is 0 Å². The normalized spacial score (nSPS) is 22.5. The van der Waals surface area contributed by atoms with E-state index in [-0.39, 0.29) is 11.7 Å². The molecule has 33 heavy (non-hydrogen) atoms. The van der Waals surface area contributed by atoms with Crippen LogP contribution in [-0.4, -0.2) is 65.5 Å². The molecule has 5 heterocycles. The molecule has 1 unspecified atom stereocenters. The Morgan fingerprint density at radius 2 is 2.06 bits per heavy atom. The molecular formula is C25H38N4O3S. The second-order valence-corrected chi connectivity index (χ2v) is 10.2. The molecule has 182 valence electrons. The van der Waals surface area contributed by atoms with E-state index in [1.807, 2.05) is 16.0 Å². The quantitative estimate of drug-likeness (QED) is 0.566. The summed E-state index contributed by atoms with van der Waals surface area (Å²) in [4.78, 5) is 5.55. The highest BCUT2D eigenvalue weighted by molar-refractivity contribution is 7.12. The lowest BCUT2D eigenvalue weighted by Crippen LogP contribution is -2.45. The van der Waals surface area contributed by atoms with Gasteiger partial charge in [0, 0.05) is 48.6 Å². The molecule has 0 amide bonds. The minimum absolute atomic E-state index is 0.0590. The number of thiophene rings is 1. The van der Waals surface area contributed by atoms with Crippen molar-refractivity contribution < 1.29 is 14.2 Å². The first kappa shape index (κ1) is 24.5. The SMILES string of the molecule is C=C.CCc1cc2c(s1)CCOC21CCN(Cc2cn(CCCC3COCCO3)nn2)CC1. The zero-order valence-corrected chi connectivity index (χ0v) is 20.8. The van der Waals surface area contributed by atoms with Gasteiger partial charge in [-0.2, -0.15) is 0 Å². The first-order valence-electron chi connectivity index (χ1n) is 12.3. The van der Waals surface area contributed by atoms with Crippen molar-refractivity contribution in [1.82, 2.24) is 19.9 Å². The van der Waals surface area contributed by atoms with Crippen LogP contribution in [0.3, 0.4) is 0 Å². The van der Waals surface area contributed by atoms with Crippen molar-refractivity contribution in [3.8, 4) is 0 Å². The summed E-state index contributed by atoms with van der Waals surface area (Å²) in [5, 5.41) is 8.75. The zero-order valence-electron chi connectivity index (χ0n) is 20.0. The Bertz CT molecular complexity index is 869. The van der Waals surface area contributed by atoms with E-state index in [9.17, 15) is 0 Å². The molecule has 2 saturated heterocycles. The monoisotopic (exact) mass is 474 g/mol. The van der Waals surface area contributed by atoms with Crippen molar-refractivity contribution in [3.63, 3.8) is 0 Å². The van der Waals surface area contributed by atoms with Crippen LogP contribution in [0.15, 0.2) is 25.4 Å². The molecule has 8 heteroatoms. The van der Waals surface area contributed by atoms with Gasteiger partial charge in [-0.05, 0) is 43.7 Å². The average molecular weight is 475 g/mol. The number of hydrogen-bond donors (Lipinski definition) is 0. The van der Waals surface area contributed by atoms with E-state index in [2.05, 4.69) is 47.6 Å². The van der Waals surface area contributed by atoms with Crippen molar-refractivity contribution in [3.05, 3.63) is 46.4 Å². The van der Waals surface area contributed by atoms with Gasteiger partial charge < -0.3 is 14.2 Å². The molecule has 0 saturated carbocycles. The van der Waals surface area contributed by atoms with Crippen LogP contribution in [-0.2, 0) is 45.7 Å². The summed E-state index contributed by atoms with van der Waals surface area (Å²) in [6.07, 6.45) is 8.71. The van der Waals surface area contributed by atoms with Gasteiger partial charge in [-0.15, -0.1) is 29.6 Å². The fourth-order valence-corrected chi connectivity index (χ4v) is 6.24. The van der Waals surface area contributed by atoms with Crippen LogP contribution < -0.4 is 0 Å². The molecule has 1 spiro atoms. The summed E-state index contributed by atoms with van der Waals surface area (Å²) in [5.41, 5.74) is 2.48. The van der Waals surface area contributed by atoms with Crippen LogP contribution in [0.4, 0.5) is 0 Å². The van der Waals surface area contributed by atoms with Gasteiger partial charge in [0.15, 0.2) is 0 Å². The van der Waals surface area contributed by atoms with Crippen LogP contribution >= 0.6 is 11.3 Å². The van der Waals surface area contributed by atoms with Crippen molar-refractivity contribution >= 4 is 11.3 Å². The second kappa shape index (κ2) is 11.7. The number of aromatic nitrogens is 3. The third-order valence-corrected chi connectivity index (χ3v) is 8.18. The highest BCUT2D eigenvalue weighted by Crippen LogP contribution is 2.44. The first-order chi connectivity index (χ1) is 16.2. The van der Waals surface area contributed by atoms with Crippen LogP contribution in [0.5, 0.6) is 0 Å². The first-order valence-corrected chi connectivity index (χ1v) is 13.1. The lowest BCUT2D eigenvalue weighted by molar-refractivity contribution is -0.0982. The van der Waals surface area contributed by atoms with Crippen LogP contribution in [0.25, 0.3) is 0 Å². The number of fused-ring (bicyclic) bond motifs is 2. The number of ether oxygens (including phenoxy) is 3. The zero-order chi connectivity index (χ0) is 23.1. The number of piperidine rings is 1. The Balaban J connectivity index is 0.00000126. The molecule has 0 bridgehead atoms. The number of rotatable bonds is 7. The number of hydrogen-bond acceptors (Lipinski definition) is 7. The van der Waals surface area contributed by atoms with Crippen LogP contribution in [0.1, 0.15) is 53.6 Å². The second-order valence-electron chi connectivity index (χ2n) is 8.95. The lowest BCUT2D eigenvalue weighted by atomic mass is 9.82. The summed E-state index contributed by atoms with van der Waals surface area (Å²) in [7, 11) is 0. The maximum atomic E-state index is 6.42.